The number of hydrogen-bond acceptors (Lipinski definition) is 4. The van der Waals surface area contributed by atoms with E-state index in [-0.39, 0.29) is 12.3 Å². The van der Waals surface area contributed by atoms with Gasteiger partial charge in [0, 0.05) is 25.6 Å². The molecule has 1 fully saturated rings. The molecule has 0 spiro atoms. The van der Waals surface area contributed by atoms with Crippen LogP contribution in [-0.2, 0) is 40.2 Å². The summed E-state index contributed by atoms with van der Waals surface area (Å²) in [5.41, 5.74) is 11.9. The first kappa shape index (κ1) is 34.8. The van der Waals surface area contributed by atoms with Gasteiger partial charge in [0.1, 0.15) is 6.10 Å². The molecule has 7 nitrogen and oxygen atoms in total. The molecule has 43 heavy (non-hydrogen) atoms. The van der Waals surface area contributed by atoms with Crippen LogP contribution >= 0.6 is 0 Å². The zero-order chi connectivity index (χ0) is 31.5. The molecule has 228 valence electrons. The number of carbonyl (C=O) groups excluding carboxylic acids is 3. The topological polar surface area (TPSA) is 113 Å². The molecule has 1 aliphatic carbocycles. The lowest BCUT2D eigenvalue weighted by Crippen LogP contribution is -2.40. The number of amides is 3. The maximum Gasteiger partial charge on any atom is 0.251 e. The fourth-order valence-electron chi connectivity index (χ4n) is 5.19. The predicted octanol–water partition coefficient (Wildman–Crippen LogP) is 4.37. The normalized spacial score (nSPS) is 14.2. The van der Waals surface area contributed by atoms with Crippen LogP contribution in [0.15, 0.2) is 78.9 Å². The Morgan fingerprint density at radius 1 is 0.907 bits per heavy atom. The molecule has 1 heterocycles. The summed E-state index contributed by atoms with van der Waals surface area (Å²) >= 11 is 0. The zero-order valence-electron chi connectivity index (χ0n) is 25.2. The van der Waals surface area contributed by atoms with E-state index in [1.54, 1.807) is 16.0 Å². The summed E-state index contributed by atoms with van der Waals surface area (Å²) in [7, 11) is 0. The third-order valence-corrected chi connectivity index (χ3v) is 7.59. The standard InChI is InChI=1S/C16H22N2O3.C9H11NO.C9H10.C2H2/c17-15(20)13(10-12-6-2-1-3-7-12)11-14(19)16(21)18-8-4-5-9-18;1-8-4-2-3-5-9(8)6-10-7-11;1-2-5-9-7-3-6-8(9)4-1;1-2/h1-3,6-7,13-14,19H,4-5,8-11H2,(H2,17,20);2-5,7H,6H2,1H3,(H,10,11);1-2,4-5H,3,6-7H2;1-2H/t13-,14?;;;/m1.../s1. The Balaban J connectivity index is 0.000000244. The van der Waals surface area contributed by atoms with Crippen LogP contribution in [0.5, 0.6) is 0 Å². The first-order valence-corrected chi connectivity index (χ1v) is 14.8. The fraction of sp³-hybridized carbons (Fsp3) is 0.361. The molecule has 5 rings (SSSR count). The highest BCUT2D eigenvalue weighted by Crippen LogP contribution is 2.20. The number of benzene rings is 3. The van der Waals surface area contributed by atoms with Gasteiger partial charge >= 0.3 is 0 Å². The van der Waals surface area contributed by atoms with Crippen LogP contribution in [0.1, 0.15) is 53.5 Å². The maximum absolute atomic E-state index is 12.1. The maximum atomic E-state index is 12.1. The van der Waals surface area contributed by atoms with E-state index < -0.39 is 17.9 Å². The lowest BCUT2D eigenvalue weighted by atomic mass is 9.92. The summed E-state index contributed by atoms with van der Waals surface area (Å²) in [5.74, 6) is -1.30. The molecular formula is C36H45N3O4. The van der Waals surface area contributed by atoms with Crippen molar-refractivity contribution < 1.29 is 19.5 Å². The number of rotatable bonds is 9. The van der Waals surface area contributed by atoms with Crippen molar-refractivity contribution in [2.24, 2.45) is 11.7 Å². The number of carbonyl (C=O) groups is 3. The van der Waals surface area contributed by atoms with E-state index in [0.29, 0.717) is 32.5 Å². The molecule has 0 bridgehead atoms. The molecular weight excluding hydrogens is 538 g/mol. The summed E-state index contributed by atoms with van der Waals surface area (Å²) in [5, 5.41) is 12.7. The van der Waals surface area contributed by atoms with E-state index in [1.165, 1.54) is 30.4 Å². The highest BCUT2D eigenvalue weighted by Gasteiger charge is 2.29. The summed E-state index contributed by atoms with van der Waals surface area (Å²) in [6.45, 7) is 4.03. The number of fused-ring (bicyclic) bond motifs is 1. The molecule has 2 aliphatic rings. The van der Waals surface area contributed by atoms with Gasteiger partial charge < -0.3 is 21.1 Å². The molecule has 1 saturated heterocycles. The lowest BCUT2D eigenvalue weighted by molar-refractivity contribution is -0.140. The van der Waals surface area contributed by atoms with Gasteiger partial charge in [-0.1, -0.05) is 78.9 Å². The number of primary amides is 1. The summed E-state index contributed by atoms with van der Waals surface area (Å²) in [6, 6.07) is 26.2. The van der Waals surface area contributed by atoms with E-state index in [2.05, 4.69) is 42.4 Å². The number of aliphatic hydroxyl groups excluding tert-OH is 1. The second kappa shape index (κ2) is 19.7. The minimum Gasteiger partial charge on any atom is -0.383 e. The summed E-state index contributed by atoms with van der Waals surface area (Å²) in [6.07, 6.45) is 14.0. The van der Waals surface area contributed by atoms with Crippen LogP contribution in [0.3, 0.4) is 0 Å². The van der Waals surface area contributed by atoms with Crippen molar-refractivity contribution in [1.82, 2.24) is 10.2 Å². The third kappa shape index (κ3) is 12.2. The second-order valence-corrected chi connectivity index (χ2v) is 10.6. The van der Waals surface area contributed by atoms with Gasteiger partial charge in [0.2, 0.25) is 12.3 Å². The Labute approximate surface area is 256 Å². The summed E-state index contributed by atoms with van der Waals surface area (Å²) in [4.78, 5) is 35.3. The molecule has 1 aliphatic heterocycles. The molecule has 0 saturated carbocycles. The highest BCUT2D eigenvalue weighted by molar-refractivity contribution is 5.83. The van der Waals surface area contributed by atoms with Crippen LogP contribution in [0.4, 0.5) is 0 Å². The number of nitrogens with zero attached hydrogens (tertiary/aromatic N) is 1. The van der Waals surface area contributed by atoms with Crippen molar-refractivity contribution in [3.8, 4) is 12.8 Å². The molecule has 3 aromatic carbocycles. The van der Waals surface area contributed by atoms with Crippen LogP contribution < -0.4 is 11.1 Å². The first-order valence-electron chi connectivity index (χ1n) is 14.8. The number of terminal acetylenes is 1. The van der Waals surface area contributed by atoms with Gasteiger partial charge in [0.25, 0.3) is 5.91 Å². The van der Waals surface area contributed by atoms with Gasteiger partial charge in [-0.3, -0.25) is 14.4 Å². The largest absolute Gasteiger partial charge is 0.383 e. The van der Waals surface area contributed by atoms with E-state index in [4.69, 9.17) is 5.73 Å². The Morgan fingerprint density at radius 3 is 2.02 bits per heavy atom. The zero-order valence-corrected chi connectivity index (χ0v) is 25.2. The Morgan fingerprint density at radius 2 is 1.47 bits per heavy atom. The van der Waals surface area contributed by atoms with Crippen molar-refractivity contribution in [2.45, 2.75) is 64.5 Å². The predicted molar refractivity (Wildman–Crippen MR) is 172 cm³/mol. The van der Waals surface area contributed by atoms with Gasteiger partial charge in [0.05, 0.1) is 0 Å². The average molecular weight is 584 g/mol. The Bertz CT molecular complexity index is 1260. The minimum absolute atomic E-state index is 0.0829. The molecule has 3 aromatic rings. The van der Waals surface area contributed by atoms with Crippen molar-refractivity contribution in [3.63, 3.8) is 0 Å². The van der Waals surface area contributed by atoms with E-state index in [0.717, 1.165) is 18.4 Å². The number of aryl methyl sites for hydroxylation is 3. The highest BCUT2D eigenvalue weighted by atomic mass is 16.3. The van der Waals surface area contributed by atoms with Crippen LogP contribution in [-0.4, -0.2) is 47.4 Å². The summed E-state index contributed by atoms with van der Waals surface area (Å²) < 4.78 is 0. The van der Waals surface area contributed by atoms with Crippen molar-refractivity contribution in [3.05, 3.63) is 107 Å². The Hall–Kier alpha value is -4.41. The van der Waals surface area contributed by atoms with Crippen molar-refractivity contribution in [1.29, 1.82) is 0 Å². The molecule has 3 amide bonds. The van der Waals surface area contributed by atoms with E-state index in [9.17, 15) is 19.5 Å². The van der Waals surface area contributed by atoms with E-state index >= 15 is 0 Å². The van der Waals surface area contributed by atoms with Gasteiger partial charge in [-0.15, -0.1) is 12.8 Å². The van der Waals surface area contributed by atoms with Gasteiger partial charge in [0.15, 0.2) is 0 Å². The average Bonchev–Trinajstić information content (AvgIpc) is 3.75. The van der Waals surface area contributed by atoms with Crippen molar-refractivity contribution in [2.75, 3.05) is 13.1 Å². The van der Waals surface area contributed by atoms with Gasteiger partial charge in [-0.05, 0) is 79.7 Å². The number of likely N-dealkylation sites (tertiary alicyclic amines) is 1. The van der Waals surface area contributed by atoms with Crippen LogP contribution in [0.2, 0.25) is 0 Å². The number of hydrogen-bond donors (Lipinski definition) is 3. The number of nitrogens with one attached hydrogen (secondary N) is 1. The molecule has 1 unspecified atom stereocenters. The monoisotopic (exact) mass is 583 g/mol. The first-order chi connectivity index (χ1) is 20.9. The Kier molecular flexibility index (Phi) is 15.9. The molecule has 0 radical (unpaired) electrons. The van der Waals surface area contributed by atoms with Crippen LogP contribution in [0, 0.1) is 25.7 Å². The lowest BCUT2D eigenvalue weighted by Gasteiger charge is -2.22. The number of aliphatic hydroxyl groups is 1. The van der Waals surface area contributed by atoms with Crippen molar-refractivity contribution >= 4 is 18.2 Å². The van der Waals surface area contributed by atoms with Gasteiger partial charge in [-0.25, -0.2) is 0 Å². The smallest absolute Gasteiger partial charge is 0.251 e. The SMILES string of the molecule is C#C.Cc1ccccc1CNC=O.NC(=O)[C@H](Cc1ccccc1)CC(O)C(=O)N1CCCC1.c1ccc2c(c1)CCC2. The van der Waals surface area contributed by atoms with Crippen LogP contribution in [0.25, 0.3) is 0 Å². The fourth-order valence-corrected chi connectivity index (χ4v) is 5.19. The molecule has 0 aromatic heterocycles. The third-order valence-electron chi connectivity index (χ3n) is 7.59. The molecule has 2 atom stereocenters. The minimum atomic E-state index is -1.15. The quantitative estimate of drug-likeness (QED) is 0.257. The molecule has 4 N–H and O–H groups in total. The number of nitrogens with two attached hydrogens (primary N) is 1. The molecule has 7 heteroatoms. The second-order valence-electron chi connectivity index (χ2n) is 10.6. The van der Waals surface area contributed by atoms with Gasteiger partial charge in [-0.2, -0.15) is 0 Å². The van der Waals surface area contributed by atoms with E-state index in [1.807, 2.05) is 61.5 Å².